The van der Waals surface area contributed by atoms with Crippen molar-refractivity contribution in [2.24, 2.45) is 0 Å². The fourth-order valence-corrected chi connectivity index (χ4v) is 3.09. The Balaban J connectivity index is 2.26. The van der Waals surface area contributed by atoms with Gasteiger partial charge in [0, 0.05) is 12.1 Å². The summed E-state index contributed by atoms with van der Waals surface area (Å²) in [6.45, 7) is 13.1. The standard InChI is InChI=1S/C19H25N3O2S/c1-6-12-22-17(14-8-10-15(11-9-14)19(3,4)5)20-21-18(22)25-13-16(23)24-7-2/h6,8-11H,1,7,12-13H2,2-5H3. The highest BCUT2D eigenvalue weighted by Gasteiger charge is 2.17. The van der Waals surface area contributed by atoms with Crippen LogP contribution < -0.4 is 0 Å². The average Bonchev–Trinajstić information content (AvgIpc) is 2.96. The van der Waals surface area contributed by atoms with Crippen LogP contribution in [0.2, 0.25) is 0 Å². The number of hydrogen-bond donors (Lipinski definition) is 0. The third-order valence-electron chi connectivity index (χ3n) is 3.66. The Bertz CT molecular complexity index is 730. The van der Waals surface area contributed by atoms with Gasteiger partial charge in [0.15, 0.2) is 11.0 Å². The minimum Gasteiger partial charge on any atom is -0.465 e. The second-order valence-corrected chi connectivity index (χ2v) is 7.57. The van der Waals surface area contributed by atoms with Gasteiger partial charge in [-0.05, 0) is 17.9 Å². The van der Waals surface area contributed by atoms with Crippen molar-refractivity contribution in [3.8, 4) is 11.4 Å². The molecular formula is C19H25N3O2S. The molecule has 0 fully saturated rings. The number of carbonyl (C=O) groups excluding carboxylic acids is 1. The first-order valence-corrected chi connectivity index (χ1v) is 9.28. The molecule has 5 nitrogen and oxygen atoms in total. The molecule has 6 heteroatoms. The largest absolute Gasteiger partial charge is 0.465 e. The van der Waals surface area contributed by atoms with Crippen molar-refractivity contribution < 1.29 is 9.53 Å². The molecule has 0 spiro atoms. The lowest BCUT2D eigenvalue weighted by Crippen LogP contribution is -2.10. The Hall–Kier alpha value is -2.08. The number of ether oxygens (including phenoxy) is 1. The fourth-order valence-electron chi connectivity index (χ4n) is 2.35. The SMILES string of the molecule is C=CCn1c(SCC(=O)OCC)nnc1-c1ccc(C(C)(C)C)cc1. The van der Waals surface area contributed by atoms with Crippen LogP contribution in [0.3, 0.4) is 0 Å². The monoisotopic (exact) mass is 359 g/mol. The first kappa shape index (κ1) is 19.2. The zero-order valence-corrected chi connectivity index (χ0v) is 16.1. The Morgan fingerprint density at radius 2 is 1.96 bits per heavy atom. The van der Waals surface area contributed by atoms with Gasteiger partial charge in [0.05, 0.1) is 12.4 Å². The van der Waals surface area contributed by atoms with E-state index in [-0.39, 0.29) is 17.1 Å². The van der Waals surface area contributed by atoms with Crippen LogP contribution >= 0.6 is 11.8 Å². The van der Waals surface area contributed by atoms with E-state index in [4.69, 9.17) is 4.74 Å². The van der Waals surface area contributed by atoms with E-state index in [2.05, 4.69) is 61.8 Å². The lowest BCUT2D eigenvalue weighted by molar-refractivity contribution is -0.139. The van der Waals surface area contributed by atoms with Gasteiger partial charge < -0.3 is 4.74 Å². The molecule has 0 N–H and O–H groups in total. The van der Waals surface area contributed by atoms with Gasteiger partial charge in [-0.1, -0.05) is 62.9 Å². The molecule has 1 aromatic heterocycles. The first-order valence-electron chi connectivity index (χ1n) is 8.30. The zero-order chi connectivity index (χ0) is 18.4. The van der Waals surface area contributed by atoms with Crippen molar-refractivity contribution in [1.29, 1.82) is 0 Å². The van der Waals surface area contributed by atoms with Gasteiger partial charge in [-0.2, -0.15) is 0 Å². The number of benzene rings is 1. The summed E-state index contributed by atoms with van der Waals surface area (Å²) >= 11 is 1.32. The van der Waals surface area contributed by atoms with Crippen LogP contribution in [-0.4, -0.2) is 33.1 Å². The maximum absolute atomic E-state index is 11.6. The number of hydrogen-bond acceptors (Lipinski definition) is 5. The quantitative estimate of drug-likeness (QED) is 0.423. The molecule has 0 radical (unpaired) electrons. The number of thioether (sulfide) groups is 1. The molecule has 0 unspecified atom stereocenters. The summed E-state index contributed by atoms with van der Waals surface area (Å²) in [6.07, 6.45) is 1.80. The number of nitrogens with zero attached hydrogens (tertiary/aromatic N) is 3. The van der Waals surface area contributed by atoms with Crippen LogP contribution in [0.1, 0.15) is 33.3 Å². The minimum absolute atomic E-state index is 0.105. The highest BCUT2D eigenvalue weighted by Crippen LogP contribution is 2.27. The summed E-state index contributed by atoms with van der Waals surface area (Å²) < 4.78 is 6.92. The fraction of sp³-hybridized carbons (Fsp3) is 0.421. The summed E-state index contributed by atoms with van der Waals surface area (Å²) in [5, 5.41) is 9.23. The van der Waals surface area contributed by atoms with Gasteiger partial charge in [0.2, 0.25) is 0 Å². The van der Waals surface area contributed by atoms with Crippen molar-refractivity contribution in [2.45, 2.75) is 44.8 Å². The zero-order valence-electron chi connectivity index (χ0n) is 15.3. The number of allylic oxidation sites excluding steroid dienone is 1. The van der Waals surface area contributed by atoms with Gasteiger partial charge in [-0.15, -0.1) is 16.8 Å². The molecule has 1 aromatic carbocycles. The lowest BCUT2D eigenvalue weighted by Gasteiger charge is -2.19. The highest BCUT2D eigenvalue weighted by atomic mass is 32.2. The second-order valence-electron chi connectivity index (χ2n) is 6.63. The Kier molecular flexibility index (Phi) is 6.42. The van der Waals surface area contributed by atoms with Gasteiger partial charge in [-0.3, -0.25) is 9.36 Å². The topological polar surface area (TPSA) is 57.0 Å². The number of carbonyl (C=O) groups is 1. The van der Waals surface area contributed by atoms with E-state index >= 15 is 0 Å². The first-order chi connectivity index (χ1) is 11.9. The molecule has 0 aliphatic carbocycles. The van der Waals surface area contributed by atoms with Gasteiger partial charge >= 0.3 is 5.97 Å². The van der Waals surface area contributed by atoms with Crippen LogP contribution in [0.4, 0.5) is 0 Å². The Morgan fingerprint density at radius 1 is 1.28 bits per heavy atom. The molecule has 1 heterocycles. The molecule has 0 bridgehead atoms. The molecule has 134 valence electrons. The van der Waals surface area contributed by atoms with E-state index in [0.717, 1.165) is 11.4 Å². The van der Waals surface area contributed by atoms with E-state index in [1.165, 1.54) is 17.3 Å². The third kappa shape index (κ3) is 4.95. The Labute approximate surface area is 153 Å². The van der Waals surface area contributed by atoms with Crippen molar-refractivity contribution in [2.75, 3.05) is 12.4 Å². The predicted octanol–water partition coefficient (Wildman–Crippen LogP) is 4.08. The molecule has 0 aliphatic heterocycles. The molecular weight excluding hydrogens is 334 g/mol. The minimum atomic E-state index is -0.253. The average molecular weight is 359 g/mol. The van der Waals surface area contributed by atoms with Crippen molar-refractivity contribution in [3.05, 3.63) is 42.5 Å². The third-order valence-corrected chi connectivity index (χ3v) is 4.60. The van der Waals surface area contributed by atoms with E-state index < -0.39 is 0 Å². The number of rotatable bonds is 7. The number of aromatic nitrogens is 3. The highest BCUT2D eigenvalue weighted by molar-refractivity contribution is 7.99. The maximum Gasteiger partial charge on any atom is 0.316 e. The molecule has 0 atom stereocenters. The van der Waals surface area contributed by atoms with Gasteiger partial charge in [0.25, 0.3) is 0 Å². The van der Waals surface area contributed by atoms with Crippen LogP contribution in [0.25, 0.3) is 11.4 Å². The lowest BCUT2D eigenvalue weighted by atomic mass is 9.87. The molecule has 25 heavy (non-hydrogen) atoms. The maximum atomic E-state index is 11.6. The summed E-state index contributed by atoms with van der Waals surface area (Å²) in [7, 11) is 0. The molecule has 0 amide bonds. The van der Waals surface area contributed by atoms with Crippen molar-refractivity contribution in [3.63, 3.8) is 0 Å². The predicted molar refractivity (Wildman–Crippen MR) is 102 cm³/mol. The van der Waals surface area contributed by atoms with Crippen LogP contribution in [0, 0.1) is 0 Å². The summed E-state index contributed by atoms with van der Waals surface area (Å²) in [4.78, 5) is 11.6. The summed E-state index contributed by atoms with van der Waals surface area (Å²) in [5.74, 6) is 0.731. The molecule has 0 saturated heterocycles. The van der Waals surface area contributed by atoms with E-state index in [0.29, 0.717) is 18.3 Å². The molecule has 0 aliphatic rings. The van der Waals surface area contributed by atoms with Gasteiger partial charge in [-0.25, -0.2) is 0 Å². The Morgan fingerprint density at radius 3 is 2.52 bits per heavy atom. The molecule has 2 rings (SSSR count). The smallest absolute Gasteiger partial charge is 0.316 e. The van der Waals surface area contributed by atoms with E-state index in [1.54, 1.807) is 13.0 Å². The molecule has 2 aromatic rings. The normalized spacial score (nSPS) is 11.4. The van der Waals surface area contributed by atoms with Crippen molar-refractivity contribution >= 4 is 17.7 Å². The summed E-state index contributed by atoms with van der Waals surface area (Å²) in [6, 6.07) is 8.36. The van der Waals surface area contributed by atoms with Crippen LogP contribution in [0.15, 0.2) is 42.1 Å². The molecule has 0 saturated carbocycles. The second kappa shape index (κ2) is 8.34. The van der Waals surface area contributed by atoms with Crippen LogP contribution in [-0.2, 0) is 21.5 Å². The van der Waals surface area contributed by atoms with Crippen LogP contribution in [0.5, 0.6) is 0 Å². The van der Waals surface area contributed by atoms with Gasteiger partial charge in [0.1, 0.15) is 0 Å². The van der Waals surface area contributed by atoms with E-state index in [9.17, 15) is 4.79 Å². The van der Waals surface area contributed by atoms with E-state index in [1.807, 2.05) is 4.57 Å². The van der Waals surface area contributed by atoms with Crippen molar-refractivity contribution in [1.82, 2.24) is 14.8 Å². The summed E-state index contributed by atoms with van der Waals surface area (Å²) in [5.41, 5.74) is 2.36. The number of esters is 1.